The molecule has 0 saturated heterocycles. The van der Waals surface area contributed by atoms with E-state index in [1.54, 1.807) is 13.0 Å². The third-order valence-corrected chi connectivity index (χ3v) is 2.63. The summed E-state index contributed by atoms with van der Waals surface area (Å²) < 4.78 is 0. The smallest absolute Gasteiger partial charge is 0.270 e. The van der Waals surface area contributed by atoms with Gasteiger partial charge in [0, 0.05) is 24.7 Å². The Morgan fingerprint density at radius 3 is 2.32 bits per heavy atom. The molecule has 0 aliphatic carbocycles. The summed E-state index contributed by atoms with van der Waals surface area (Å²) in [4.78, 5) is 22.9. The molecule has 1 rings (SSSR count). The van der Waals surface area contributed by atoms with Crippen molar-refractivity contribution in [1.29, 1.82) is 0 Å². The number of anilines is 1. The summed E-state index contributed by atoms with van der Waals surface area (Å²) in [5.41, 5.74) is 0.148. The van der Waals surface area contributed by atoms with Gasteiger partial charge < -0.3 is 10.2 Å². The van der Waals surface area contributed by atoms with E-state index in [1.165, 1.54) is 0 Å². The Labute approximate surface area is 115 Å². The summed E-state index contributed by atoms with van der Waals surface area (Å²) in [7, 11) is 0. The van der Waals surface area contributed by atoms with Crippen molar-refractivity contribution in [3.63, 3.8) is 0 Å². The first kappa shape index (κ1) is 15.4. The average Bonchev–Trinajstić information content (AvgIpc) is 2.27. The Morgan fingerprint density at radius 1 is 1.26 bits per heavy atom. The number of carbonyl (C=O) groups excluding carboxylic acids is 1. The van der Waals surface area contributed by atoms with Crippen molar-refractivity contribution in [2.24, 2.45) is 0 Å². The Balaban J connectivity index is 3.06. The van der Waals surface area contributed by atoms with Gasteiger partial charge >= 0.3 is 0 Å². The van der Waals surface area contributed by atoms with Gasteiger partial charge in [-0.2, -0.15) is 0 Å². The SMILES string of the molecule is CCN(CC)c1cc(C(=O)NC(C)(C)C)nc(C)n1. The standard InChI is InChI=1S/C14H24N4O/c1-7-18(8-2)12-9-11(15-10(3)16-12)13(19)17-14(4,5)6/h9H,7-8H2,1-6H3,(H,17,19). The summed E-state index contributed by atoms with van der Waals surface area (Å²) in [6, 6.07) is 1.75. The molecule has 1 aromatic rings. The number of carbonyl (C=O) groups is 1. The lowest BCUT2D eigenvalue weighted by Crippen LogP contribution is -2.41. The first-order valence-electron chi connectivity index (χ1n) is 6.70. The van der Waals surface area contributed by atoms with Crippen molar-refractivity contribution in [3.8, 4) is 0 Å². The molecule has 5 nitrogen and oxygen atoms in total. The van der Waals surface area contributed by atoms with Crippen LogP contribution in [0.25, 0.3) is 0 Å². The zero-order chi connectivity index (χ0) is 14.6. The van der Waals surface area contributed by atoms with E-state index in [-0.39, 0.29) is 11.4 Å². The van der Waals surface area contributed by atoms with Crippen molar-refractivity contribution < 1.29 is 4.79 Å². The van der Waals surface area contributed by atoms with Gasteiger partial charge in [0.15, 0.2) is 0 Å². The quantitative estimate of drug-likeness (QED) is 0.905. The normalized spacial score (nSPS) is 11.3. The predicted molar refractivity (Wildman–Crippen MR) is 77.5 cm³/mol. The molecule has 106 valence electrons. The van der Waals surface area contributed by atoms with Gasteiger partial charge in [-0.3, -0.25) is 4.79 Å². The number of hydrogen-bond donors (Lipinski definition) is 1. The van der Waals surface area contributed by atoms with Gasteiger partial charge in [-0.15, -0.1) is 0 Å². The molecule has 1 heterocycles. The molecule has 1 N–H and O–H groups in total. The van der Waals surface area contributed by atoms with Crippen LogP contribution in [0.3, 0.4) is 0 Å². The molecule has 0 saturated carbocycles. The molecule has 0 radical (unpaired) electrons. The highest BCUT2D eigenvalue weighted by molar-refractivity contribution is 5.93. The van der Waals surface area contributed by atoms with E-state index in [9.17, 15) is 4.79 Å². The third-order valence-electron chi connectivity index (χ3n) is 2.63. The van der Waals surface area contributed by atoms with E-state index in [0.717, 1.165) is 18.9 Å². The van der Waals surface area contributed by atoms with Crippen LogP contribution in [0, 0.1) is 6.92 Å². The summed E-state index contributed by atoms with van der Waals surface area (Å²) in [6.45, 7) is 13.5. The second-order valence-electron chi connectivity index (χ2n) is 5.54. The highest BCUT2D eigenvalue weighted by Crippen LogP contribution is 2.13. The Bertz CT molecular complexity index is 447. The lowest BCUT2D eigenvalue weighted by atomic mass is 10.1. The molecule has 5 heteroatoms. The zero-order valence-corrected chi connectivity index (χ0v) is 12.7. The van der Waals surface area contributed by atoms with E-state index in [4.69, 9.17) is 0 Å². The van der Waals surface area contributed by atoms with Crippen molar-refractivity contribution >= 4 is 11.7 Å². The largest absolute Gasteiger partial charge is 0.357 e. The Morgan fingerprint density at radius 2 is 1.84 bits per heavy atom. The van der Waals surface area contributed by atoms with Gasteiger partial charge in [-0.05, 0) is 41.5 Å². The lowest BCUT2D eigenvalue weighted by Gasteiger charge is -2.22. The highest BCUT2D eigenvalue weighted by Gasteiger charge is 2.18. The molecule has 19 heavy (non-hydrogen) atoms. The molecular formula is C14H24N4O. The van der Waals surface area contributed by atoms with E-state index >= 15 is 0 Å². The summed E-state index contributed by atoms with van der Waals surface area (Å²) in [5.74, 6) is 1.26. The maximum absolute atomic E-state index is 12.1. The second-order valence-corrected chi connectivity index (χ2v) is 5.54. The number of aryl methyl sites for hydroxylation is 1. The third kappa shape index (κ3) is 4.50. The molecule has 0 aliphatic rings. The van der Waals surface area contributed by atoms with Crippen molar-refractivity contribution in [2.45, 2.75) is 47.1 Å². The Hall–Kier alpha value is -1.65. The number of rotatable bonds is 4. The number of nitrogens with one attached hydrogen (secondary N) is 1. The number of nitrogens with zero attached hydrogens (tertiary/aromatic N) is 3. The van der Waals surface area contributed by atoms with Crippen molar-refractivity contribution in [3.05, 3.63) is 17.6 Å². The molecule has 0 atom stereocenters. The second kappa shape index (κ2) is 5.99. The fourth-order valence-corrected chi connectivity index (χ4v) is 1.78. The minimum absolute atomic E-state index is 0.161. The lowest BCUT2D eigenvalue weighted by molar-refractivity contribution is 0.0914. The van der Waals surface area contributed by atoms with Gasteiger partial charge in [-0.25, -0.2) is 9.97 Å². The van der Waals surface area contributed by atoms with Crippen LogP contribution in [0.15, 0.2) is 6.07 Å². The maximum Gasteiger partial charge on any atom is 0.270 e. The van der Waals surface area contributed by atoms with Crippen molar-refractivity contribution in [1.82, 2.24) is 15.3 Å². The fraction of sp³-hybridized carbons (Fsp3) is 0.643. The van der Waals surface area contributed by atoms with Crippen LogP contribution >= 0.6 is 0 Å². The summed E-state index contributed by atoms with van der Waals surface area (Å²) >= 11 is 0. The average molecular weight is 264 g/mol. The van der Waals surface area contributed by atoms with E-state index in [2.05, 4.69) is 34.0 Å². The number of amides is 1. The predicted octanol–water partition coefficient (Wildman–Crippen LogP) is 2.16. The minimum Gasteiger partial charge on any atom is -0.357 e. The van der Waals surface area contributed by atoms with Crippen LogP contribution in [-0.4, -0.2) is 34.5 Å². The van der Waals surface area contributed by atoms with Gasteiger partial charge in [0.2, 0.25) is 0 Å². The molecular weight excluding hydrogens is 240 g/mol. The van der Waals surface area contributed by atoms with Gasteiger partial charge in [-0.1, -0.05) is 0 Å². The fourth-order valence-electron chi connectivity index (χ4n) is 1.78. The zero-order valence-electron chi connectivity index (χ0n) is 12.7. The number of aromatic nitrogens is 2. The Kier molecular flexibility index (Phi) is 4.86. The highest BCUT2D eigenvalue weighted by atomic mass is 16.2. The minimum atomic E-state index is -0.273. The topological polar surface area (TPSA) is 58.1 Å². The molecule has 0 unspecified atom stereocenters. The van der Waals surface area contributed by atoms with Gasteiger partial charge in [0.05, 0.1) is 0 Å². The van der Waals surface area contributed by atoms with Gasteiger partial charge in [0.25, 0.3) is 5.91 Å². The van der Waals surface area contributed by atoms with Gasteiger partial charge in [0.1, 0.15) is 17.3 Å². The van der Waals surface area contributed by atoms with Crippen molar-refractivity contribution in [2.75, 3.05) is 18.0 Å². The van der Waals surface area contributed by atoms with Crippen LogP contribution in [0.4, 0.5) is 5.82 Å². The first-order valence-corrected chi connectivity index (χ1v) is 6.70. The molecule has 0 aliphatic heterocycles. The first-order chi connectivity index (χ1) is 8.76. The van der Waals surface area contributed by atoms with Crippen LogP contribution < -0.4 is 10.2 Å². The van der Waals surface area contributed by atoms with Crippen LogP contribution in [0.2, 0.25) is 0 Å². The van der Waals surface area contributed by atoms with E-state index in [0.29, 0.717) is 11.5 Å². The monoisotopic (exact) mass is 264 g/mol. The van der Waals surface area contributed by atoms with Crippen LogP contribution in [0.5, 0.6) is 0 Å². The molecule has 0 aromatic carbocycles. The van der Waals surface area contributed by atoms with Crippen LogP contribution in [0.1, 0.15) is 50.9 Å². The summed E-state index contributed by atoms with van der Waals surface area (Å²) in [6.07, 6.45) is 0. The summed E-state index contributed by atoms with van der Waals surface area (Å²) in [5, 5.41) is 2.92. The van der Waals surface area contributed by atoms with E-state index in [1.807, 2.05) is 20.8 Å². The molecule has 1 amide bonds. The van der Waals surface area contributed by atoms with E-state index < -0.39 is 0 Å². The van der Waals surface area contributed by atoms with Crippen LogP contribution in [-0.2, 0) is 0 Å². The number of hydrogen-bond acceptors (Lipinski definition) is 4. The molecule has 0 fully saturated rings. The molecule has 1 aromatic heterocycles. The maximum atomic E-state index is 12.1. The molecule has 0 bridgehead atoms. The molecule has 0 spiro atoms.